The minimum absolute atomic E-state index is 0.309. The maximum Gasteiger partial charge on any atom is 0.0266 e. The first-order valence-corrected chi connectivity index (χ1v) is 4.60. The highest BCUT2D eigenvalue weighted by Crippen LogP contribution is 2.42. The minimum Gasteiger partial charge on any atom is -0.351 e. The second-order valence-electron chi connectivity index (χ2n) is 4.88. The van der Waals surface area contributed by atoms with Crippen LogP contribution in [0.4, 0.5) is 0 Å². The average Bonchev–Trinajstić information content (AvgIpc) is 2.58. The van der Waals surface area contributed by atoms with Gasteiger partial charge in [-0.1, -0.05) is 20.8 Å². The van der Waals surface area contributed by atoms with Crippen LogP contribution in [-0.4, -0.2) is 4.57 Å². The molecule has 1 aromatic heterocycles. The van der Waals surface area contributed by atoms with E-state index >= 15 is 0 Å². The SMILES string of the molecule is Cc1c2c(c(C(C)(C)C)n1C)C2. The van der Waals surface area contributed by atoms with Crippen LogP contribution in [0, 0.1) is 6.92 Å². The van der Waals surface area contributed by atoms with E-state index in [0.717, 1.165) is 0 Å². The van der Waals surface area contributed by atoms with Crippen molar-refractivity contribution in [3.63, 3.8) is 0 Å². The quantitative estimate of drug-likeness (QED) is 0.562. The van der Waals surface area contributed by atoms with Crippen LogP contribution in [0.25, 0.3) is 0 Å². The van der Waals surface area contributed by atoms with Crippen molar-refractivity contribution in [1.29, 1.82) is 0 Å². The molecule has 12 heavy (non-hydrogen) atoms. The summed E-state index contributed by atoms with van der Waals surface area (Å²) in [6, 6.07) is 0. The lowest BCUT2D eigenvalue weighted by Crippen LogP contribution is -2.17. The summed E-state index contributed by atoms with van der Waals surface area (Å²) in [5.74, 6) is 0. The number of hydrogen-bond acceptors (Lipinski definition) is 0. The van der Waals surface area contributed by atoms with Crippen LogP contribution in [-0.2, 0) is 18.9 Å². The van der Waals surface area contributed by atoms with E-state index in [1.165, 1.54) is 17.8 Å². The molecule has 0 aliphatic heterocycles. The number of aromatic nitrogens is 1. The van der Waals surface area contributed by atoms with Crippen LogP contribution >= 0.6 is 0 Å². The fourth-order valence-electron chi connectivity index (χ4n) is 2.23. The molecule has 0 amide bonds. The van der Waals surface area contributed by atoms with Crippen molar-refractivity contribution in [1.82, 2.24) is 4.57 Å². The van der Waals surface area contributed by atoms with Crippen LogP contribution in [0.15, 0.2) is 0 Å². The number of fused-ring (bicyclic) bond motifs is 1. The highest BCUT2D eigenvalue weighted by molar-refractivity contribution is 5.55. The molecule has 1 aliphatic carbocycles. The van der Waals surface area contributed by atoms with Gasteiger partial charge in [-0.3, -0.25) is 0 Å². The molecule has 0 radical (unpaired) electrons. The van der Waals surface area contributed by atoms with Gasteiger partial charge in [0.2, 0.25) is 0 Å². The third-order valence-electron chi connectivity index (χ3n) is 2.86. The van der Waals surface area contributed by atoms with Gasteiger partial charge in [-0.15, -0.1) is 0 Å². The lowest BCUT2D eigenvalue weighted by Gasteiger charge is -2.21. The molecule has 2 rings (SSSR count). The molecule has 0 N–H and O–H groups in total. The molecule has 1 nitrogen and oxygen atoms in total. The fourth-order valence-corrected chi connectivity index (χ4v) is 2.23. The lowest BCUT2D eigenvalue weighted by molar-refractivity contribution is 0.535. The van der Waals surface area contributed by atoms with Crippen LogP contribution in [0.3, 0.4) is 0 Å². The molecule has 1 heteroatoms. The minimum atomic E-state index is 0.309. The van der Waals surface area contributed by atoms with Gasteiger partial charge < -0.3 is 4.57 Å². The maximum atomic E-state index is 2.36. The standard InChI is InChI=1S/C11H17N/c1-7-8-6-9(8)10(12(7)5)11(2,3)4/h6H2,1-5H3. The topological polar surface area (TPSA) is 4.93 Å². The molecule has 1 aliphatic rings. The Morgan fingerprint density at radius 3 is 2.00 bits per heavy atom. The molecule has 0 saturated heterocycles. The Hall–Kier alpha value is -0.720. The molecule has 1 heterocycles. The molecular formula is C11H17N. The van der Waals surface area contributed by atoms with Gasteiger partial charge in [0.25, 0.3) is 0 Å². The van der Waals surface area contributed by atoms with Crippen LogP contribution < -0.4 is 0 Å². The molecule has 0 fully saturated rings. The summed E-state index contributed by atoms with van der Waals surface area (Å²) in [6.07, 6.45) is 1.25. The van der Waals surface area contributed by atoms with E-state index in [4.69, 9.17) is 0 Å². The van der Waals surface area contributed by atoms with Crippen molar-refractivity contribution >= 4 is 0 Å². The van der Waals surface area contributed by atoms with Crippen molar-refractivity contribution in [2.45, 2.75) is 39.5 Å². The van der Waals surface area contributed by atoms with Crippen LogP contribution in [0.1, 0.15) is 43.3 Å². The zero-order chi connectivity index (χ0) is 9.09. The summed E-state index contributed by atoms with van der Waals surface area (Å²) in [5, 5.41) is 0. The molecule has 1 aromatic rings. The zero-order valence-corrected chi connectivity index (χ0v) is 8.65. The van der Waals surface area contributed by atoms with Gasteiger partial charge in [-0.25, -0.2) is 0 Å². The number of hydrogen-bond donors (Lipinski definition) is 0. The average molecular weight is 163 g/mol. The third kappa shape index (κ3) is 0.855. The first-order valence-electron chi connectivity index (χ1n) is 4.60. The Morgan fingerprint density at radius 2 is 1.75 bits per heavy atom. The molecule has 0 bridgehead atoms. The highest BCUT2D eigenvalue weighted by Gasteiger charge is 2.34. The maximum absolute atomic E-state index is 2.36. The monoisotopic (exact) mass is 163 g/mol. The summed E-state index contributed by atoms with van der Waals surface area (Å²) in [5.41, 5.74) is 6.53. The Morgan fingerprint density at radius 1 is 1.17 bits per heavy atom. The van der Waals surface area contributed by atoms with Gasteiger partial charge in [0.15, 0.2) is 0 Å². The normalized spacial score (nSPS) is 14.8. The predicted molar refractivity (Wildman–Crippen MR) is 51.7 cm³/mol. The summed E-state index contributed by atoms with van der Waals surface area (Å²) in [7, 11) is 2.18. The first-order chi connectivity index (χ1) is 5.43. The molecule has 0 saturated carbocycles. The van der Waals surface area contributed by atoms with E-state index < -0.39 is 0 Å². The Balaban J connectivity index is 2.60. The van der Waals surface area contributed by atoms with Crippen molar-refractivity contribution in [3.05, 3.63) is 22.5 Å². The molecule has 0 atom stereocenters. The Labute approximate surface area is 74.4 Å². The summed E-state index contributed by atoms with van der Waals surface area (Å²) in [6.45, 7) is 9.10. The van der Waals surface area contributed by atoms with Gasteiger partial charge in [-0.05, 0) is 18.1 Å². The van der Waals surface area contributed by atoms with Crippen molar-refractivity contribution < 1.29 is 0 Å². The van der Waals surface area contributed by atoms with E-state index in [0.29, 0.717) is 5.41 Å². The summed E-state index contributed by atoms with van der Waals surface area (Å²) < 4.78 is 2.36. The van der Waals surface area contributed by atoms with Gasteiger partial charge in [0.05, 0.1) is 0 Å². The van der Waals surface area contributed by atoms with Gasteiger partial charge >= 0.3 is 0 Å². The van der Waals surface area contributed by atoms with Crippen LogP contribution in [0.2, 0.25) is 0 Å². The van der Waals surface area contributed by atoms with E-state index in [1.807, 2.05) is 0 Å². The smallest absolute Gasteiger partial charge is 0.0266 e. The number of rotatable bonds is 0. The molecule has 0 aromatic carbocycles. The van der Waals surface area contributed by atoms with Gasteiger partial charge in [0, 0.05) is 30.3 Å². The van der Waals surface area contributed by atoms with E-state index in [2.05, 4.69) is 39.3 Å². The van der Waals surface area contributed by atoms with Crippen LogP contribution in [0.5, 0.6) is 0 Å². The van der Waals surface area contributed by atoms with Gasteiger partial charge in [-0.2, -0.15) is 0 Å². The largest absolute Gasteiger partial charge is 0.351 e. The van der Waals surface area contributed by atoms with Crippen molar-refractivity contribution in [2.24, 2.45) is 7.05 Å². The first kappa shape index (κ1) is 7.90. The second-order valence-corrected chi connectivity index (χ2v) is 4.88. The molecule has 0 unspecified atom stereocenters. The lowest BCUT2D eigenvalue weighted by atomic mass is 9.91. The van der Waals surface area contributed by atoms with E-state index in [-0.39, 0.29) is 0 Å². The fraction of sp³-hybridized carbons (Fsp3) is 0.636. The van der Waals surface area contributed by atoms with Gasteiger partial charge in [0.1, 0.15) is 0 Å². The third-order valence-corrected chi connectivity index (χ3v) is 2.86. The zero-order valence-electron chi connectivity index (χ0n) is 8.65. The molecular weight excluding hydrogens is 146 g/mol. The highest BCUT2D eigenvalue weighted by atomic mass is 15.0. The summed E-state index contributed by atoms with van der Waals surface area (Å²) >= 11 is 0. The molecule has 66 valence electrons. The Kier molecular flexibility index (Phi) is 1.29. The summed E-state index contributed by atoms with van der Waals surface area (Å²) in [4.78, 5) is 0. The van der Waals surface area contributed by atoms with Crippen molar-refractivity contribution in [3.8, 4) is 0 Å². The van der Waals surface area contributed by atoms with E-state index in [1.54, 1.807) is 11.1 Å². The van der Waals surface area contributed by atoms with Crippen molar-refractivity contribution in [2.75, 3.05) is 0 Å². The second kappa shape index (κ2) is 1.95. The molecule has 0 spiro atoms. The van der Waals surface area contributed by atoms with E-state index in [9.17, 15) is 0 Å². The predicted octanol–water partition coefficient (Wildman–Crippen LogP) is 2.54. The number of nitrogens with zero attached hydrogens (tertiary/aromatic N) is 1. The Bertz CT molecular complexity index is 337.